The van der Waals surface area contributed by atoms with Gasteiger partial charge in [-0.2, -0.15) is 0 Å². The van der Waals surface area contributed by atoms with Gasteiger partial charge in [0.2, 0.25) is 0 Å². The average molecular weight is 259 g/mol. The van der Waals surface area contributed by atoms with Crippen molar-refractivity contribution in [1.82, 2.24) is 0 Å². The summed E-state index contributed by atoms with van der Waals surface area (Å²) in [6.45, 7) is 4.23. The molecule has 0 amide bonds. The fraction of sp³-hybridized carbons (Fsp3) is 0.500. The van der Waals surface area contributed by atoms with Gasteiger partial charge < -0.3 is 5.73 Å². The van der Waals surface area contributed by atoms with Crippen LogP contribution < -0.4 is 5.73 Å². The summed E-state index contributed by atoms with van der Waals surface area (Å²) in [5, 5.41) is 10.8. The lowest BCUT2D eigenvalue weighted by atomic mass is 9.97. The molecule has 0 aliphatic heterocycles. The van der Waals surface area contributed by atoms with Crippen molar-refractivity contribution in [3.63, 3.8) is 0 Å². The topological polar surface area (TPSA) is 69.2 Å². The molecule has 0 fully saturated rings. The van der Waals surface area contributed by atoms with E-state index < -0.39 is 0 Å². The summed E-state index contributed by atoms with van der Waals surface area (Å²) in [6, 6.07) is 6.45. The molecule has 1 aromatic rings. The molecule has 1 aromatic carbocycles. The zero-order valence-electron chi connectivity index (χ0n) is 10.1. The van der Waals surface area contributed by atoms with Crippen LogP contribution in [0, 0.1) is 16.0 Å². The van der Waals surface area contributed by atoms with Crippen LogP contribution >= 0.6 is 12.4 Å². The summed E-state index contributed by atoms with van der Waals surface area (Å²) < 4.78 is 0. The van der Waals surface area contributed by atoms with Crippen LogP contribution in [0.2, 0.25) is 0 Å². The minimum Gasteiger partial charge on any atom is -0.324 e. The van der Waals surface area contributed by atoms with Crippen LogP contribution in [0.15, 0.2) is 24.3 Å². The number of rotatable bonds is 5. The highest BCUT2D eigenvalue weighted by Crippen LogP contribution is 2.26. The van der Waals surface area contributed by atoms with Crippen LogP contribution in [-0.2, 0) is 0 Å². The van der Waals surface area contributed by atoms with E-state index in [-0.39, 0.29) is 29.1 Å². The van der Waals surface area contributed by atoms with Crippen molar-refractivity contribution in [3.05, 3.63) is 39.9 Å². The second-order valence-corrected chi connectivity index (χ2v) is 4.39. The Hall–Kier alpha value is -1.13. The van der Waals surface area contributed by atoms with Gasteiger partial charge >= 0.3 is 0 Å². The Morgan fingerprint density at radius 3 is 2.41 bits per heavy atom. The van der Waals surface area contributed by atoms with Crippen molar-refractivity contribution < 1.29 is 4.92 Å². The first-order valence-corrected chi connectivity index (χ1v) is 5.51. The number of hydrogen-bond donors (Lipinski definition) is 1. The lowest BCUT2D eigenvalue weighted by Crippen LogP contribution is -2.13. The number of hydrogen-bond acceptors (Lipinski definition) is 3. The minimum atomic E-state index is -0.370. The van der Waals surface area contributed by atoms with E-state index in [2.05, 4.69) is 13.8 Å². The maximum atomic E-state index is 10.8. The van der Waals surface area contributed by atoms with Crippen LogP contribution in [0.1, 0.15) is 38.3 Å². The van der Waals surface area contributed by atoms with Gasteiger partial charge in [-0.1, -0.05) is 32.0 Å². The first-order valence-electron chi connectivity index (χ1n) is 5.51. The highest BCUT2D eigenvalue weighted by atomic mass is 35.5. The zero-order valence-corrected chi connectivity index (χ0v) is 10.9. The Bertz CT molecular complexity index is 369. The molecule has 5 heteroatoms. The molecule has 17 heavy (non-hydrogen) atoms. The van der Waals surface area contributed by atoms with E-state index >= 15 is 0 Å². The molecule has 0 unspecified atom stereocenters. The van der Waals surface area contributed by atoms with Gasteiger partial charge in [0.05, 0.1) is 4.92 Å². The predicted molar refractivity (Wildman–Crippen MR) is 71.3 cm³/mol. The second kappa shape index (κ2) is 7.25. The standard InChI is InChI=1S/C12H18N2O2.ClH/c1-9(2)7-8-11(13)10-5-3-4-6-12(10)14(15)16;/h3-6,9,11H,7-8,13H2,1-2H3;1H/t11-;/m0./s1. The van der Waals surface area contributed by atoms with Crippen LogP contribution in [0.5, 0.6) is 0 Å². The maximum Gasteiger partial charge on any atom is 0.274 e. The van der Waals surface area contributed by atoms with Crippen molar-refractivity contribution >= 4 is 18.1 Å². The number of nitrogens with two attached hydrogens (primary N) is 1. The molecule has 2 N–H and O–H groups in total. The number of nitrogens with zero attached hydrogens (tertiary/aromatic N) is 1. The van der Waals surface area contributed by atoms with Gasteiger partial charge in [0.15, 0.2) is 0 Å². The summed E-state index contributed by atoms with van der Waals surface area (Å²) in [6.07, 6.45) is 1.76. The van der Waals surface area contributed by atoms with Crippen molar-refractivity contribution in [2.24, 2.45) is 11.7 Å². The van der Waals surface area contributed by atoms with Gasteiger partial charge in [-0.05, 0) is 18.8 Å². The zero-order chi connectivity index (χ0) is 12.1. The Balaban J connectivity index is 0.00000256. The highest BCUT2D eigenvalue weighted by molar-refractivity contribution is 5.85. The first kappa shape index (κ1) is 15.9. The number of halogens is 1. The van der Waals surface area contributed by atoms with Crippen LogP contribution in [0.4, 0.5) is 5.69 Å². The Kier molecular flexibility index (Phi) is 6.76. The monoisotopic (exact) mass is 258 g/mol. The normalized spacial score (nSPS) is 12.0. The van der Waals surface area contributed by atoms with E-state index in [1.54, 1.807) is 18.2 Å². The van der Waals surface area contributed by atoms with Gasteiger partial charge in [0.25, 0.3) is 5.69 Å². The molecule has 0 aromatic heterocycles. The molecule has 0 aliphatic carbocycles. The summed E-state index contributed by atoms with van der Waals surface area (Å²) in [4.78, 5) is 10.4. The molecule has 0 radical (unpaired) electrons. The fourth-order valence-electron chi connectivity index (χ4n) is 1.64. The van der Waals surface area contributed by atoms with Crippen molar-refractivity contribution in [1.29, 1.82) is 0 Å². The van der Waals surface area contributed by atoms with Crippen molar-refractivity contribution in [3.8, 4) is 0 Å². The Morgan fingerprint density at radius 1 is 1.29 bits per heavy atom. The molecule has 1 atom stereocenters. The SMILES string of the molecule is CC(C)CC[C@H](N)c1ccccc1[N+](=O)[O-].Cl. The predicted octanol–water partition coefficient (Wildman–Crippen LogP) is 3.45. The summed E-state index contributed by atoms with van der Waals surface area (Å²) in [5.41, 5.74) is 6.73. The summed E-state index contributed by atoms with van der Waals surface area (Å²) >= 11 is 0. The van der Waals surface area contributed by atoms with E-state index in [4.69, 9.17) is 5.73 Å². The fourth-order valence-corrected chi connectivity index (χ4v) is 1.64. The third-order valence-electron chi connectivity index (χ3n) is 2.59. The van der Waals surface area contributed by atoms with Crippen LogP contribution in [0.25, 0.3) is 0 Å². The third-order valence-corrected chi connectivity index (χ3v) is 2.59. The molecule has 0 heterocycles. The molecule has 4 nitrogen and oxygen atoms in total. The lowest BCUT2D eigenvalue weighted by molar-refractivity contribution is -0.385. The van der Waals surface area contributed by atoms with Crippen LogP contribution in [-0.4, -0.2) is 4.92 Å². The van der Waals surface area contributed by atoms with Crippen molar-refractivity contribution in [2.45, 2.75) is 32.7 Å². The summed E-state index contributed by atoms with van der Waals surface area (Å²) in [5.74, 6) is 0.564. The molecular weight excluding hydrogens is 240 g/mol. The lowest BCUT2D eigenvalue weighted by Gasteiger charge is -2.13. The molecule has 0 saturated carbocycles. The van der Waals surface area contributed by atoms with Crippen LogP contribution in [0.3, 0.4) is 0 Å². The number of para-hydroxylation sites is 1. The first-order chi connectivity index (χ1) is 7.52. The van der Waals surface area contributed by atoms with E-state index in [9.17, 15) is 10.1 Å². The van der Waals surface area contributed by atoms with Gasteiger partial charge in [-0.25, -0.2) is 0 Å². The molecule has 0 bridgehead atoms. The maximum absolute atomic E-state index is 10.8. The number of nitro benzene ring substituents is 1. The molecular formula is C12H19ClN2O2. The number of benzene rings is 1. The van der Waals surface area contributed by atoms with Gasteiger partial charge in [-0.3, -0.25) is 10.1 Å². The second-order valence-electron chi connectivity index (χ2n) is 4.39. The average Bonchev–Trinajstić information content (AvgIpc) is 2.25. The number of nitro groups is 1. The van der Waals surface area contributed by atoms with Gasteiger partial charge in [0.1, 0.15) is 0 Å². The van der Waals surface area contributed by atoms with Gasteiger partial charge in [0, 0.05) is 17.7 Å². The molecule has 1 rings (SSSR count). The van der Waals surface area contributed by atoms with Gasteiger partial charge in [-0.15, -0.1) is 12.4 Å². The molecule has 0 aliphatic rings. The van der Waals surface area contributed by atoms with Crippen molar-refractivity contribution in [2.75, 3.05) is 0 Å². The van der Waals surface area contributed by atoms with E-state index in [1.165, 1.54) is 6.07 Å². The smallest absolute Gasteiger partial charge is 0.274 e. The Morgan fingerprint density at radius 2 is 1.88 bits per heavy atom. The molecule has 96 valence electrons. The summed E-state index contributed by atoms with van der Waals surface area (Å²) in [7, 11) is 0. The minimum absolute atomic E-state index is 0. The van der Waals surface area contributed by atoms with E-state index in [0.29, 0.717) is 11.5 Å². The third kappa shape index (κ3) is 4.71. The molecule has 0 spiro atoms. The van der Waals surface area contributed by atoms with E-state index in [0.717, 1.165) is 12.8 Å². The Labute approximate surface area is 108 Å². The quantitative estimate of drug-likeness (QED) is 0.650. The van der Waals surface area contributed by atoms with E-state index in [1.807, 2.05) is 0 Å². The highest BCUT2D eigenvalue weighted by Gasteiger charge is 2.18. The largest absolute Gasteiger partial charge is 0.324 e. The molecule has 0 saturated heterocycles.